The number of hydrogen-bond acceptors (Lipinski definition) is 6. The molecule has 0 saturated heterocycles. The third kappa shape index (κ3) is 6.51. The lowest BCUT2D eigenvalue weighted by atomic mass is 10.3. The molecule has 0 amide bonds. The molecular formula is C11H15N3O2S2. The summed E-state index contributed by atoms with van der Waals surface area (Å²) in [5, 5.41) is 3.08. The fourth-order valence-electron chi connectivity index (χ4n) is 1.12. The molecule has 0 atom stereocenters. The normalized spacial score (nSPS) is 9.83. The molecular weight excluding hydrogens is 270 g/mol. The van der Waals surface area contributed by atoms with Crippen LogP contribution in [0.25, 0.3) is 0 Å². The van der Waals surface area contributed by atoms with Crippen molar-refractivity contribution in [2.24, 2.45) is 0 Å². The number of thiocarbonyl (C=S) groups is 1. The first-order valence-corrected chi connectivity index (χ1v) is 6.84. The summed E-state index contributed by atoms with van der Waals surface area (Å²) in [6, 6.07) is 0. The fourth-order valence-corrected chi connectivity index (χ4v) is 2.09. The van der Waals surface area contributed by atoms with Gasteiger partial charge in [0.25, 0.3) is 0 Å². The number of rotatable bonds is 6. The Morgan fingerprint density at radius 3 is 3.06 bits per heavy atom. The minimum Gasteiger partial charge on any atom is -0.469 e. The first-order valence-electron chi connectivity index (χ1n) is 5.44. The van der Waals surface area contributed by atoms with Crippen LogP contribution in [-0.4, -0.2) is 33.1 Å². The summed E-state index contributed by atoms with van der Waals surface area (Å²) in [7, 11) is 1.39. The second-order valence-corrected chi connectivity index (χ2v) is 5.14. The van der Waals surface area contributed by atoms with Gasteiger partial charge >= 0.3 is 5.97 Å². The van der Waals surface area contributed by atoms with Gasteiger partial charge in [-0.3, -0.25) is 14.8 Å². The smallest absolute Gasteiger partial charge is 0.305 e. The van der Waals surface area contributed by atoms with Crippen LogP contribution in [0.1, 0.15) is 18.5 Å². The third-order valence-corrected chi connectivity index (χ3v) is 3.41. The monoisotopic (exact) mass is 285 g/mol. The second kappa shape index (κ2) is 8.82. The van der Waals surface area contributed by atoms with Crippen molar-refractivity contribution < 1.29 is 9.53 Å². The zero-order chi connectivity index (χ0) is 13.2. The van der Waals surface area contributed by atoms with Crippen molar-refractivity contribution in [3.8, 4) is 0 Å². The van der Waals surface area contributed by atoms with Crippen molar-refractivity contribution in [3.05, 3.63) is 24.3 Å². The number of esters is 1. The standard InChI is InChI=1S/C11H15N3O2S2/c1-16-10(15)3-2-6-18-11(17)14-8-9-7-12-4-5-13-9/h4-5,7H,2-3,6,8H2,1H3,(H,14,17). The summed E-state index contributed by atoms with van der Waals surface area (Å²) >= 11 is 6.66. The van der Waals surface area contributed by atoms with E-state index >= 15 is 0 Å². The summed E-state index contributed by atoms with van der Waals surface area (Å²) in [4.78, 5) is 19.0. The Labute approximate surface area is 116 Å². The predicted molar refractivity (Wildman–Crippen MR) is 75.2 cm³/mol. The summed E-state index contributed by atoms with van der Waals surface area (Å²) in [6.45, 7) is 0.566. The van der Waals surface area contributed by atoms with Gasteiger partial charge in [-0.05, 0) is 6.42 Å². The SMILES string of the molecule is COC(=O)CCCSC(=S)NCc1cnccn1. The number of carbonyl (C=O) groups is 1. The van der Waals surface area contributed by atoms with Crippen LogP contribution in [0.5, 0.6) is 0 Å². The van der Waals surface area contributed by atoms with E-state index in [1.54, 1.807) is 18.6 Å². The molecule has 1 aromatic rings. The Hall–Kier alpha value is -1.21. The van der Waals surface area contributed by atoms with Gasteiger partial charge in [0, 0.05) is 24.6 Å². The molecule has 98 valence electrons. The minimum absolute atomic E-state index is 0.186. The zero-order valence-electron chi connectivity index (χ0n) is 10.1. The van der Waals surface area contributed by atoms with Gasteiger partial charge in [0.15, 0.2) is 0 Å². The van der Waals surface area contributed by atoms with Crippen LogP contribution in [0, 0.1) is 0 Å². The van der Waals surface area contributed by atoms with Gasteiger partial charge in [-0.25, -0.2) is 0 Å². The summed E-state index contributed by atoms with van der Waals surface area (Å²) in [5.74, 6) is 0.607. The number of aromatic nitrogens is 2. The molecule has 0 bridgehead atoms. The van der Waals surface area contributed by atoms with Crippen LogP contribution < -0.4 is 5.32 Å². The molecule has 7 heteroatoms. The first kappa shape index (κ1) is 14.8. The second-order valence-electron chi connectivity index (χ2n) is 3.37. The molecule has 0 saturated carbocycles. The van der Waals surface area contributed by atoms with Crippen molar-refractivity contribution in [2.45, 2.75) is 19.4 Å². The number of hydrogen-bond donors (Lipinski definition) is 1. The van der Waals surface area contributed by atoms with Gasteiger partial charge < -0.3 is 10.1 Å². The molecule has 0 spiro atoms. The van der Waals surface area contributed by atoms with Crippen LogP contribution in [0.15, 0.2) is 18.6 Å². The minimum atomic E-state index is -0.186. The number of thioether (sulfide) groups is 1. The Balaban J connectivity index is 2.09. The summed E-state index contributed by atoms with van der Waals surface area (Å²) in [6.07, 6.45) is 6.14. The van der Waals surface area contributed by atoms with E-state index < -0.39 is 0 Å². The average molecular weight is 285 g/mol. The molecule has 0 aliphatic heterocycles. The number of carbonyl (C=O) groups excluding carboxylic acids is 1. The Bertz CT molecular complexity index is 387. The third-order valence-electron chi connectivity index (χ3n) is 2.02. The van der Waals surface area contributed by atoms with Crippen LogP contribution in [-0.2, 0) is 16.1 Å². The summed E-state index contributed by atoms with van der Waals surface area (Å²) < 4.78 is 5.25. The number of ether oxygens (including phenoxy) is 1. The highest BCUT2D eigenvalue weighted by Crippen LogP contribution is 2.07. The molecule has 18 heavy (non-hydrogen) atoms. The first-order chi connectivity index (χ1) is 8.72. The van der Waals surface area contributed by atoms with E-state index in [2.05, 4.69) is 20.0 Å². The fraction of sp³-hybridized carbons (Fsp3) is 0.455. The van der Waals surface area contributed by atoms with Gasteiger partial charge in [-0.15, -0.1) is 0 Å². The molecule has 0 radical (unpaired) electrons. The van der Waals surface area contributed by atoms with E-state index in [0.29, 0.717) is 17.3 Å². The lowest BCUT2D eigenvalue weighted by molar-refractivity contribution is -0.140. The van der Waals surface area contributed by atoms with Gasteiger partial charge in [-0.2, -0.15) is 0 Å². The molecule has 0 aliphatic carbocycles. The zero-order valence-corrected chi connectivity index (χ0v) is 11.7. The molecule has 0 aliphatic rings. The van der Waals surface area contributed by atoms with E-state index in [9.17, 15) is 4.79 Å². The van der Waals surface area contributed by atoms with Crippen LogP contribution in [0.3, 0.4) is 0 Å². The van der Waals surface area contributed by atoms with Crippen LogP contribution >= 0.6 is 24.0 Å². The van der Waals surface area contributed by atoms with Crippen LogP contribution in [0.4, 0.5) is 0 Å². The van der Waals surface area contributed by atoms with Crippen molar-refractivity contribution in [2.75, 3.05) is 12.9 Å². The van der Waals surface area contributed by atoms with E-state index in [0.717, 1.165) is 17.9 Å². The Kier molecular flexibility index (Phi) is 7.28. The van der Waals surface area contributed by atoms with E-state index in [1.807, 2.05) is 0 Å². The predicted octanol–water partition coefficient (Wildman–Crippen LogP) is 1.54. The van der Waals surface area contributed by atoms with Gasteiger partial charge in [0.2, 0.25) is 0 Å². The number of nitrogens with zero attached hydrogens (tertiary/aromatic N) is 2. The summed E-state index contributed by atoms with van der Waals surface area (Å²) in [5.41, 5.74) is 0.843. The number of methoxy groups -OCH3 is 1. The lowest BCUT2D eigenvalue weighted by Crippen LogP contribution is -2.19. The van der Waals surface area contributed by atoms with Gasteiger partial charge in [0.1, 0.15) is 4.32 Å². The number of nitrogens with one attached hydrogen (secondary N) is 1. The maximum Gasteiger partial charge on any atom is 0.305 e. The highest BCUT2D eigenvalue weighted by molar-refractivity contribution is 8.22. The van der Waals surface area contributed by atoms with Gasteiger partial charge in [-0.1, -0.05) is 24.0 Å². The topological polar surface area (TPSA) is 64.1 Å². The highest BCUT2D eigenvalue weighted by Gasteiger charge is 2.02. The largest absolute Gasteiger partial charge is 0.469 e. The molecule has 1 N–H and O–H groups in total. The molecule has 1 aromatic heterocycles. The molecule has 1 heterocycles. The maximum absolute atomic E-state index is 10.9. The van der Waals surface area contributed by atoms with Crippen molar-refractivity contribution in [1.82, 2.24) is 15.3 Å². The van der Waals surface area contributed by atoms with E-state index in [1.165, 1.54) is 18.9 Å². The van der Waals surface area contributed by atoms with Gasteiger partial charge in [0.05, 0.1) is 25.5 Å². The highest BCUT2D eigenvalue weighted by atomic mass is 32.2. The maximum atomic E-state index is 10.9. The van der Waals surface area contributed by atoms with Crippen molar-refractivity contribution in [3.63, 3.8) is 0 Å². The molecule has 0 fully saturated rings. The van der Waals surface area contributed by atoms with Crippen LogP contribution in [0.2, 0.25) is 0 Å². The molecule has 1 rings (SSSR count). The Morgan fingerprint density at radius 2 is 2.39 bits per heavy atom. The van der Waals surface area contributed by atoms with Crippen molar-refractivity contribution in [1.29, 1.82) is 0 Å². The molecule has 5 nitrogen and oxygen atoms in total. The average Bonchev–Trinajstić information content (AvgIpc) is 2.42. The van der Waals surface area contributed by atoms with E-state index in [-0.39, 0.29) is 5.97 Å². The molecule has 0 aromatic carbocycles. The molecule has 0 unspecified atom stereocenters. The van der Waals surface area contributed by atoms with E-state index in [4.69, 9.17) is 12.2 Å². The lowest BCUT2D eigenvalue weighted by Gasteiger charge is -2.06. The van der Waals surface area contributed by atoms with Crippen molar-refractivity contribution >= 4 is 34.3 Å². The Morgan fingerprint density at radius 1 is 1.56 bits per heavy atom. The quantitative estimate of drug-likeness (QED) is 0.483.